The fourth-order valence-corrected chi connectivity index (χ4v) is 1.48. The largest absolute Gasteiger partial charge is 0.394 e. The molecule has 5 atom stereocenters. The molecule has 1 unspecified atom stereocenters. The summed E-state index contributed by atoms with van der Waals surface area (Å²) in [6, 6.07) is 0. The molecule has 1 heterocycles. The Labute approximate surface area is 79.1 Å². The lowest BCUT2D eigenvalue weighted by Crippen LogP contribution is -2.56. The summed E-state index contributed by atoms with van der Waals surface area (Å²) in [5.41, 5.74) is 0. The van der Waals surface area contributed by atoms with Gasteiger partial charge in [0.05, 0.1) is 7.98 Å². The number of hydrogen-bond acceptors (Lipinski definition) is 5. The van der Waals surface area contributed by atoms with Gasteiger partial charge in [0.1, 0.15) is 29.4 Å². The van der Waals surface area contributed by atoms with Crippen molar-refractivity contribution in [3.05, 3.63) is 0 Å². The van der Waals surface area contributed by atoms with Gasteiger partial charge in [-0.25, -0.2) is 0 Å². The molecule has 0 spiro atoms. The Morgan fingerprint density at radius 2 is 1.83 bits per heavy atom. The molecule has 6 heteroatoms. The highest BCUT2D eigenvalue weighted by Crippen LogP contribution is 2.24. The summed E-state index contributed by atoms with van der Waals surface area (Å²) in [5, 5.41) is 36.4. The van der Waals surface area contributed by atoms with E-state index in [1.807, 2.05) is 0 Å². The predicted octanol–water partition coefficient (Wildman–Crippen LogP) is -1.82. The first-order chi connectivity index (χ1) is 5.90. The van der Waals surface area contributed by atoms with Crippen molar-refractivity contribution in [1.82, 2.24) is 0 Å². The van der Waals surface area contributed by atoms with Crippen molar-refractivity contribution in [3.63, 3.8) is 0 Å². The van der Waals surface area contributed by atoms with Crippen LogP contribution in [-0.4, -0.2) is 56.4 Å². The Kier molecular flexibility index (Phi) is 2.95. The Morgan fingerprint density at radius 3 is 2.33 bits per heavy atom. The predicted molar refractivity (Wildman–Crippen MR) is 42.7 cm³/mol. The third kappa shape index (κ3) is 1.78. The standard InChI is InChI=1S/C6H11BrO5/c7-6-5(11)4(10)3(9)2(1-8)12-6/h2-6,8-11H,1H2/t2-,3-,4+,5-,6?/m1/s1/i6D. The van der Waals surface area contributed by atoms with E-state index in [0.717, 1.165) is 0 Å². The smallest absolute Gasteiger partial charge is 0.141 e. The second-order valence-corrected chi connectivity index (χ2v) is 3.35. The van der Waals surface area contributed by atoms with E-state index in [1.165, 1.54) is 0 Å². The Hall–Kier alpha value is 0.280. The molecule has 0 radical (unpaired) electrons. The fraction of sp³-hybridized carbons (Fsp3) is 1.00. The molecule has 0 aliphatic carbocycles. The average molecular weight is 244 g/mol. The van der Waals surface area contributed by atoms with E-state index in [9.17, 15) is 15.3 Å². The quantitative estimate of drug-likeness (QED) is 0.408. The summed E-state index contributed by atoms with van der Waals surface area (Å²) >= 11 is 2.72. The lowest BCUT2D eigenvalue weighted by Gasteiger charge is -2.37. The van der Waals surface area contributed by atoms with Crippen molar-refractivity contribution < 1.29 is 26.5 Å². The van der Waals surface area contributed by atoms with Crippen LogP contribution in [0, 0.1) is 0 Å². The molecular weight excluding hydrogens is 232 g/mol. The molecule has 0 aromatic carbocycles. The molecular formula is C6H11BrO5. The van der Waals surface area contributed by atoms with Crippen LogP contribution in [0.15, 0.2) is 0 Å². The summed E-state index contributed by atoms with van der Waals surface area (Å²) < 4.78 is 12.1. The summed E-state index contributed by atoms with van der Waals surface area (Å²) in [7, 11) is 0. The monoisotopic (exact) mass is 243 g/mol. The number of rotatable bonds is 1. The summed E-state index contributed by atoms with van der Waals surface area (Å²) in [6.07, 6.45) is -5.54. The van der Waals surface area contributed by atoms with Crippen molar-refractivity contribution in [2.45, 2.75) is 29.4 Å². The van der Waals surface area contributed by atoms with Gasteiger partial charge in [0.15, 0.2) is 0 Å². The minimum atomic E-state index is -1.89. The molecule has 12 heavy (non-hydrogen) atoms. The second kappa shape index (κ2) is 3.99. The van der Waals surface area contributed by atoms with Crippen molar-refractivity contribution in [1.29, 1.82) is 0 Å². The minimum Gasteiger partial charge on any atom is -0.394 e. The van der Waals surface area contributed by atoms with Crippen LogP contribution in [0.3, 0.4) is 0 Å². The zero-order valence-electron chi connectivity index (χ0n) is 7.09. The van der Waals surface area contributed by atoms with E-state index >= 15 is 0 Å². The molecule has 0 aromatic heterocycles. The lowest BCUT2D eigenvalue weighted by atomic mass is 10.0. The highest BCUT2D eigenvalue weighted by Gasteiger charge is 2.42. The van der Waals surface area contributed by atoms with Crippen molar-refractivity contribution in [2.75, 3.05) is 6.61 Å². The highest BCUT2D eigenvalue weighted by molar-refractivity contribution is 9.09. The van der Waals surface area contributed by atoms with Gasteiger partial charge in [0.25, 0.3) is 0 Å². The van der Waals surface area contributed by atoms with Crippen LogP contribution in [0.4, 0.5) is 0 Å². The number of halogens is 1. The van der Waals surface area contributed by atoms with Crippen molar-refractivity contribution in [3.8, 4) is 0 Å². The lowest BCUT2D eigenvalue weighted by molar-refractivity contribution is -0.203. The van der Waals surface area contributed by atoms with E-state index in [1.54, 1.807) is 0 Å². The first-order valence-corrected chi connectivity index (χ1v) is 4.21. The molecule has 5 nitrogen and oxygen atoms in total. The molecule has 1 aliphatic heterocycles. The fourth-order valence-electron chi connectivity index (χ4n) is 0.970. The van der Waals surface area contributed by atoms with Gasteiger partial charge >= 0.3 is 0 Å². The van der Waals surface area contributed by atoms with E-state index < -0.39 is 36.0 Å². The Morgan fingerprint density at radius 1 is 1.25 bits per heavy atom. The van der Waals surface area contributed by atoms with Crippen molar-refractivity contribution in [2.24, 2.45) is 0 Å². The third-order valence-electron chi connectivity index (χ3n) is 1.73. The molecule has 1 fully saturated rings. The van der Waals surface area contributed by atoms with Gasteiger partial charge in [-0.05, 0) is 0 Å². The van der Waals surface area contributed by atoms with Crippen LogP contribution in [0.5, 0.6) is 0 Å². The van der Waals surface area contributed by atoms with Crippen LogP contribution in [0.25, 0.3) is 0 Å². The SMILES string of the molecule is [2H]C1(Br)O[C@H](CO)[C@@H](O)[C@H](O)[C@H]1O. The van der Waals surface area contributed by atoms with Gasteiger partial charge in [-0.1, -0.05) is 15.9 Å². The third-order valence-corrected chi connectivity index (χ3v) is 2.39. The maximum atomic E-state index is 9.24. The Bertz CT molecular complexity index is 188. The number of aliphatic hydroxyl groups is 4. The van der Waals surface area contributed by atoms with Crippen molar-refractivity contribution >= 4 is 15.9 Å². The molecule has 1 rings (SSSR count). The van der Waals surface area contributed by atoms with E-state index in [4.69, 9.17) is 11.2 Å². The maximum absolute atomic E-state index is 9.24. The number of aliphatic hydroxyl groups excluding tert-OH is 4. The first-order valence-electron chi connectivity index (χ1n) is 3.92. The summed E-state index contributed by atoms with van der Waals surface area (Å²) in [4.78, 5) is -1.89. The zero-order chi connectivity index (χ0) is 10.2. The number of alkyl halides is 1. The van der Waals surface area contributed by atoms with E-state index in [2.05, 4.69) is 15.9 Å². The summed E-state index contributed by atoms with van der Waals surface area (Å²) in [6.45, 7) is -0.531. The molecule has 1 saturated heterocycles. The van der Waals surface area contributed by atoms with Crippen LogP contribution in [0.1, 0.15) is 1.37 Å². The van der Waals surface area contributed by atoms with Gasteiger partial charge in [0.2, 0.25) is 0 Å². The van der Waals surface area contributed by atoms with Crippen LogP contribution >= 0.6 is 15.9 Å². The highest BCUT2D eigenvalue weighted by atomic mass is 79.9. The molecule has 4 N–H and O–H groups in total. The Balaban J connectivity index is 2.79. The maximum Gasteiger partial charge on any atom is 0.141 e. The average Bonchev–Trinajstić information content (AvgIpc) is 2.08. The number of ether oxygens (including phenoxy) is 1. The van der Waals surface area contributed by atoms with Gasteiger partial charge in [-0.2, -0.15) is 0 Å². The van der Waals surface area contributed by atoms with Gasteiger partial charge in [-0.3, -0.25) is 0 Å². The molecule has 0 amide bonds. The minimum absolute atomic E-state index is 0.531. The molecule has 0 bridgehead atoms. The molecule has 1 aliphatic rings. The first kappa shape index (κ1) is 8.86. The van der Waals surface area contributed by atoms with Gasteiger partial charge in [-0.15, -0.1) is 0 Å². The topological polar surface area (TPSA) is 90.2 Å². The normalized spacial score (nSPS) is 56.6. The van der Waals surface area contributed by atoms with E-state index in [-0.39, 0.29) is 0 Å². The van der Waals surface area contributed by atoms with Crippen LogP contribution in [-0.2, 0) is 4.74 Å². The zero-order valence-corrected chi connectivity index (χ0v) is 7.68. The van der Waals surface area contributed by atoms with Crippen LogP contribution in [0.2, 0.25) is 0 Å². The molecule has 72 valence electrons. The summed E-state index contributed by atoms with van der Waals surface area (Å²) in [5.74, 6) is 0. The number of hydrogen-bond donors (Lipinski definition) is 4. The second-order valence-electron chi connectivity index (χ2n) is 2.57. The van der Waals surface area contributed by atoms with Crippen LogP contribution < -0.4 is 0 Å². The molecule has 0 saturated carbocycles. The van der Waals surface area contributed by atoms with Gasteiger partial charge < -0.3 is 25.2 Å². The van der Waals surface area contributed by atoms with Gasteiger partial charge in [0, 0.05) is 0 Å². The van der Waals surface area contributed by atoms with E-state index in [0.29, 0.717) is 0 Å². The molecule has 0 aromatic rings.